The molecule has 0 saturated carbocycles. The SMILES string of the molecule is CC(C)(C)c1ccc(N2B3c4oc5cc6c(cc5c4N(c4ccc5c(c4)C(C)(C)CCC5(C)C)c4cc5c(oc7ccccc75)c(c43)-c3cc4c(cc32)C(C)(C)c2ccccc2-4)C(C)(C)CCC6(C)C)cc1. The van der Waals surface area contributed by atoms with Crippen LogP contribution in [0.5, 0.6) is 0 Å². The molecule has 5 aliphatic rings. The van der Waals surface area contributed by atoms with E-state index in [9.17, 15) is 0 Å². The minimum atomic E-state index is -0.324. The molecule has 72 heavy (non-hydrogen) atoms. The Morgan fingerprint density at radius 1 is 0.472 bits per heavy atom. The fourth-order valence-electron chi connectivity index (χ4n) is 14.3. The van der Waals surface area contributed by atoms with Crippen molar-refractivity contribution in [3.05, 3.63) is 160 Å². The number of rotatable bonds is 2. The Labute approximate surface area is 426 Å². The normalized spacial score (nSPS) is 19.2. The van der Waals surface area contributed by atoms with Gasteiger partial charge in [0.2, 0.25) is 0 Å². The summed E-state index contributed by atoms with van der Waals surface area (Å²) in [6, 6.07) is 47.1. The third-order valence-electron chi connectivity index (χ3n) is 18.9. The van der Waals surface area contributed by atoms with Gasteiger partial charge in [0.25, 0.3) is 0 Å². The van der Waals surface area contributed by atoms with Gasteiger partial charge in [-0.15, -0.1) is 0 Å². The molecule has 4 nitrogen and oxygen atoms in total. The molecule has 0 amide bonds. The molecular weight excluding hydrogens is 876 g/mol. The molecule has 5 heteroatoms. The molecule has 0 unspecified atom stereocenters. The molecule has 3 aliphatic carbocycles. The molecule has 0 bridgehead atoms. The van der Waals surface area contributed by atoms with Crippen molar-refractivity contribution in [2.75, 3.05) is 9.71 Å². The van der Waals surface area contributed by atoms with Crippen molar-refractivity contribution >= 4 is 79.3 Å². The molecule has 2 aliphatic heterocycles. The maximum atomic E-state index is 7.79. The zero-order valence-electron chi connectivity index (χ0n) is 44.7. The van der Waals surface area contributed by atoms with Crippen LogP contribution in [0.4, 0.5) is 28.4 Å². The standard InChI is InChI=1S/C67H67BN2O2/c1-62(2,3)38-22-24-39(25-23-38)70-53-36-49-43(41-18-14-16-20-47(41)67(49,12)13)33-45(53)57-58-54(35-44-42-19-15-17-21-55(42)71-60(44)57)69(40-26-27-48-50(32-40)64(6,7)29-28-63(48,4)5)59-46-34-51-52(37-56(46)72-61(59)68(58)70)66(10,11)31-30-65(51,8)9/h14-27,32-37H,28-31H2,1-13H3. The highest BCUT2D eigenvalue weighted by Gasteiger charge is 2.52. The van der Waals surface area contributed by atoms with E-state index in [1.54, 1.807) is 0 Å². The first-order chi connectivity index (χ1) is 34.0. The Morgan fingerprint density at radius 2 is 1.10 bits per heavy atom. The van der Waals surface area contributed by atoms with Gasteiger partial charge in [-0.1, -0.05) is 151 Å². The average Bonchev–Trinajstić information content (AvgIpc) is 3.98. The fraction of sp³-hybridized carbons (Fsp3) is 0.343. The Morgan fingerprint density at radius 3 is 1.81 bits per heavy atom. The van der Waals surface area contributed by atoms with Gasteiger partial charge in [0, 0.05) is 55.5 Å². The number of hydrogen-bond donors (Lipinski definition) is 0. The molecule has 0 fully saturated rings. The van der Waals surface area contributed by atoms with Gasteiger partial charge in [-0.2, -0.15) is 0 Å². The van der Waals surface area contributed by atoms with E-state index in [4.69, 9.17) is 8.83 Å². The highest BCUT2D eigenvalue weighted by atomic mass is 16.3. The second kappa shape index (κ2) is 14.0. The van der Waals surface area contributed by atoms with Crippen LogP contribution in [0.2, 0.25) is 0 Å². The van der Waals surface area contributed by atoms with Crippen molar-refractivity contribution in [2.45, 2.75) is 148 Å². The summed E-state index contributed by atoms with van der Waals surface area (Å²) < 4.78 is 15.1. The van der Waals surface area contributed by atoms with Crippen LogP contribution in [-0.4, -0.2) is 6.85 Å². The van der Waals surface area contributed by atoms with Crippen LogP contribution in [0.1, 0.15) is 155 Å². The van der Waals surface area contributed by atoms with Crippen molar-refractivity contribution in [1.29, 1.82) is 0 Å². The van der Waals surface area contributed by atoms with E-state index in [1.165, 1.54) is 90.0 Å². The Bertz CT molecular complexity index is 3850. The van der Waals surface area contributed by atoms with E-state index in [0.717, 1.165) is 69.4 Å². The number of fused-ring (bicyclic) bond motifs is 15. The highest BCUT2D eigenvalue weighted by Crippen LogP contribution is 2.58. The Kier molecular flexibility index (Phi) is 8.59. The summed E-state index contributed by atoms with van der Waals surface area (Å²) in [5.41, 5.74) is 25.4. The summed E-state index contributed by atoms with van der Waals surface area (Å²) in [6.07, 6.45) is 4.58. The second-order valence-electron chi connectivity index (χ2n) is 26.6. The number of anilines is 5. The number of furan rings is 2. The molecule has 4 heterocycles. The van der Waals surface area contributed by atoms with Crippen molar-refractivity contribution in [3.63, 3.8) is 0 Å². The molecule has 0 saturated heterocycles. The van der Waals surface area contributed by atoms with Gasteiger partial charge < -0.3 is 18.5 Å². The minimum absolute atomic E-state index is 0.00179. The van der Waals surface area contributed by atoms with Crippen LogP contribution in [0, 0.1) is 0 Å². The Balaban J connectivity index is 1.17. The van der Waals surface area contributed by atoms with Gasteiger partial charge in [0.1, 0.15) is 22.4 Å². The minimum Gasteiger partial charge on any atom is -0.466 e. The van der Waals surface area contributed by atoms with Crippen LogP contribution in [-0.2, 0) is 32.5 Å². The first-order valence-electron chi connectivity index (χ1n) is 26.8. The van der Waals surface area contributed by atoms with E-state index < -0.39 is 0 Å². The summed E-state index contributed by atoms with van der Waals surface area (Å²) in [6.45, 7) is 30.9. The maximum absolute atomic E-state index is 7.79. The quantitative estimate of drug-likeness (QED) is 0.162. The smallest absolute Gasteiger partial charge is 0.376 e. The molecular formula is C67H67BN2O2. The molecule has 14 rings (SSSR count). The maximum Gasteiger partial charge on any atom is 0.376 e. The largest absolute Gasteiger partial charge is 0.466 e. The lowest BCUT2D eigenvalue weighted by molar-refractivity contribution is 0.332. The fourth-order valence-corrected chi connectivity index (χ4v) is 14.3. The van der Waals surface area contributed by atoms with Crippen LogP contribution in [0.15, 0.2) is 130 Å². The number of hydrogen-bond acceptors (Lipinski definition) is 4. The van der Waals surface area contributed by atoms with Gasteiger partial charge in [0.05, 0.1) is 5.69 Å². The zero-order valence-corrected chi connectivity index (χ0v) is 44.7. The molecule has 7 aromatic carbocycles. The van der Waals surface area contributed by atoms with Gasteiger partial charge in [-0.25, -0.2) is 0 Å². The zero-order chi connectivity index (χ0) is 50.0. The predicted molar refractivity (Wildman–Crippen MR) is 304 cm³/mol. The molecule has 360 valence electrons. The van der Waals surface area contributed by atoms with E-state index in [1.807, 2.05) is 0 Å². The van der Waals surface area contributed by atoms with Gasteiger partial charge in [0.15, 0.2) is 0 Å². The lowest BCUT2D eigenvalue weighted by atomic mass is 9.45. The first kappa shape index (κ1) is 44.3. The highest BCUT2D eigenvalue weighted by molar-refractivity contribution is 6.93. The molecule has 0 N–H and O–H groups in total. The van der Waals surface area contributed by atoms with Gasteiger partial charge in [-0.3, -0.25) is 0 Å². The van der Waals surface area contributed by atoms with E-state index >= 15 is 0 Å². The van der Waals surface area contributed by atoms with Gasteiger partial charge in [-0.05, 0) is 169 Å². The summed E-state index contributed by atoms with van der Waals surface area (Å²) in [4.78, 5) is 5.27. The first-order valence-corrected chi connectivity index (χ1v) is 26.8. The average molecular weight is 943 g/mol. The predicted octanol–water partition coefficient (Wildman–Crippen LogP) is 17.3. The molecule has 0 atom stereocenters. The van der Waals surface area contributed by atoms with Crippen molar-refractivity contribution in [1.82, 2.24) is 0 Å². The molecule has 9 aromatic rings. The van der Waals surface area contributed by atoms with E-state index in [2.05, 4.69) is 221 Å². The van der Waals surface area contributed by atoms with Crippen LogP contribution in [0.25, 0.3) is 55.2 Å². The summed E-state index contributed by atoms with van der Waals surface area (Å²) in [7, 11) is 0. The van der Waals surface area contributed by atoms with Crippen molar-refractivity contribution in [3.8, 4) is 22.3 Å². The van der Waals surface area contributed by atoms with Crippen LogP contribution in [0.3, 0.4) is 0 Å². The topological polar surface area (TPSA) is 32.8 Å². The van der Waals surface area contributed by atoms with Crippen LogP contribution < -0.4 is 20.8 Å². The summed E-state index contributed by atoms with van der Waals surface area (Å²) >= 11 is 0. The summed E-state index contributed by atoms with van der Waals surface area (Å²) in [5.74, 6) is 0. The lowest BCUT2D eigenvalue weighted by Gasteiger charge is -2.45. The lowest BCUT2D eigenvalue weighted by Crippen LogP contribution is -2.61. The number of nitrogens with zero attached hydrogens (tertiary/aromatic N) is 2. The molecule has 0 spiro atoms. The van der Waals surface area contributed by atoms with Crippen LogP contribution >= 0.6 is 0 Å². The van der Waals surface area contributed by atoms with E-state index in [0.29, 0.717) is 0 Å². The monoisotopic (exact) mass is 943 g/mol. The second-order valence-corrected chi connectivity index (χ2v) is 26.6. The van der Waals surface area contributed by atoms with Gasteiger partial charge >= 0.3 is 6.85 Å². The van der Waals surface area contributed by atoms with Crippen molar-refractivity contribution in [2.24, 2.45) is 0 Å². The Hall–Kier alpha value is -6.46. The third-order valence-corrected chi connectivity index (χ3v) is 18.9. The van der Waals surface area contributed by atoms with E-state index in [-0.39, 0.29) is 39.3 Å². The number of benzene rings is 7. The van der Waals surface area contributed by atoms with Crippen molar-refractivity contribution < 1.29 is 8.83 Å². The molecule has 2 aromatic heterocycles. The number of para-hydroxylation sites is 1. The molecule has 0 radical (unpaired) electrons. The third kappa shape index (κ3) is 5.83. The summed E-state index contributed by atoms with van der Waals surface area (Å²) in [5, 5.41) is 3.44.